The summed E-state index contributed by atoms with van der Waals surface area (Å²) >= 11 is -2.30. The fourth-order valence-corrected chi connectivity index (χ4v) is 1.23. The summed E-state index contributed by atoms with van der Waals surface area (Å²) in [4.78, 5) is 14.7. The van der Waals surface area contributed by atoms with Crippen LogP contribution in [0.4, 0.5) is 0 Å². The van der Waals surface area contributed by atoms with Crippen molar-refractivity contribution in [1.82, 2.24) is 24.7 Å². The van der Waals surface area contributed by atoms with Gasteiger partial charge < -0.3 is 9.54 Å². The summed E-state index contributed by atoms with van der Waals surface area (Å²) in [6, 6.07) is 0. The van der Waals surface area contributed by atoms with Crippen LogP contribution in [-0.4, -0.2) is 28.7 Å². The van der Waals surface area contributed by atoms with Crippen molar-refractivity contribution < 1.29 is 8.76 Å². The van der Waals surface area contributed by atoms with Crippen molar-refractivity contribution in [2.45, 2.75) is 6.54 Å². The number of H-pyrrole nitrogens is 1. The Labute approximate surface area is 81.4 Å². The zero-order valence-electron chi connectivity index (χ0n) is 6.93. The number of nitrogens with one attached hydrogen (secondary N) is 2. The van der Waals surface area contributed by atoms with Gasteiger partial charge in [0, 0.05) is 11.3 Å². The van der Waals surface area contributed by atoms with Gasteiger partial charge in [0.15, 0.2) is 5.65 Å². The fraction of sp³-hybridized carbons (Fsp3) is 0.167. The van der Waals surface area contributed by atoms with Gasteiger partial charge in [0.25, 0.3) is 0 Å². The molecule has 0 bridgehead atoms. The maximum atomic E-state index is 10.2. The first-order chi connectivity index (χ1) is 6.75. The number of rotatable bonds is 3. The van der Waals surface area contributed by atoms with Gasteiger partial charge in [-0.2, -0.15) is 0 Å². The molecule has 0 spiro atoms. The average molecular weight is 212 g/mol. The summed E-state index contributed by atoms with van der Waals surface area (Å²) in [7, 11) is 0. The van der Waals surface area contributed by atoms with E-state index in [0.717, 1.165) is 5.52 Å². The predicted molar refractivity (Wildman–Crippen MR) is 47.4 cm³/mol. The van der Waals surface area contributed by atoms with E-state index in [4.69, 9.17) is 0 Å². The number of imidazole rings is 1. The monoisotopic (exact) mass is 212 g/mol. The van der Waals surface area contributed by atoms with Crippen LogP contribution in [-0.2, 0) is 17.8 Å². The Morgan fingerprint density at radius 2 is 2.43 bits per heavy atom. The summed E-state index contributed by atoms with van der Waals surface area (Å²) in [6.07, 6.45) is 3.06. The van der Waals surface area contributed by atoms with Crippen molar-refractivity contribution in [3.8, 4) is 0 Å². The van der Waals surface area contributed by atoms with Crippen LogP contribution >= 0.6 is 0 Å². The molecule has 2 aromatic rings. The lowest BCUT2D eigenvalue weighted by atomic mass is 10.5. The molecule has 2 N–H and O–H groups in total. The van der Waals surface area contributed by atoms with E-state index in [1.54, 1.807) is 6.20 Å². The normalized spacial score (nSPS) is 13.2. The number of nitrogens with zero attached hydrogens (tertiary/aromatic N) is 3. The van der Waals surface area contributed by atoms with Crippen LogP contribution in [0.25, 0.3) is 11.2 Å². The fourth-order valence-electron chi connectivity index (χ4n) is 0.980. The molecule has 0 saturated carbocycles. The first kappa shape index (κ1) is 9.19. The Kier molecular flexibility index (Phi) is 2.48. The first-order valence-corrected chi connectivity index (χ1v) is 4.81. The molecule has 8 heteroatoms. The van der Waals surface area contributed by atoms with Crippen molar-refractivity contribution in [1.29, 1.82) is 0 Å². The van der Waals surface area contributed by atoms with Crippen LogP contribution in [0.2, 0.25) is 0 Å². The Morgan fingerprint density at radius 1 is 1.57 bits per heavy atom. The van der Waals surface area contributed by atoms with Crippen LogP contribution in [0, 0.1) is 0 Å². The van der Waals surface area contributed by atoms with Crippen LogP contribution in [0.5, 0.6) is 0 Å². The Balaban J connectivity index is 2.21. The molecule has 0 aliphatic heterocycles. The van der Waals surface area contributed by atoms with Crippen molar-refractivity contribution in [2.24, 2.45) is 0 Å². The molecular weight excluding hydrogens is 206 g/mol. The van der Waals surface area contributed by atoms with E-state index in [0.29, 0.717) is 11.5 Å². The molecule has 0 fully saturated rings. The Bertz CT molecular complexity index is 470. The van der Waals surface area contributed by atoms with E-state index in [2.05, 4.69) is 24.7 Å². The van der Waals surface area contributed by atoms with Gasteiger partial charge in [-0.05, 0) is 0 Å². The largest absolute Gasteiger partial charge is 0.760 e. The van der Waals surface area contributed by atoms with E-state index in [1.165, 1.54) is 6.33 Å². The topological polar surface area (TPSA) is 107 Å². The minimum Gasteiger partial charge on any atom is -0.760 e. The first-order valence-electron chi connectivity index (χ1n) is 3.73. The highest BCUT2D eigenvalue weighted by Crippen LogP contribution is 2.03. The minimum absolute atomic E-state index is 0.0684. The summed E-state index contributed by atoms with van der Waals surface area (Å²) in [5.41, 5.74) is 1.24. The van der Waals surface area contributed by atoms with E-state index >= 15 is 0 Å². The third-order valence-electron chi connectivity index (χ3n) is 1.57. The van der Waals surface area contributed by atoms with Gasteiger partial charge in [0.1, 0.15) is 11.3 Å². The van der Waals surface area contributed by atoms with Crippen molar-refractivity contribution in [3.05, 3.63) is 18.3 Å². The molecule has 1 unspecified atom stereocenters. The molecule has 0 amide bonds. The highest BCUT2D eigenvalue weighted by Gasteiger charge is 2.00. The molecule has 74 valence electrons. The zero-order valence-corrected chi connectivity index (χ0v) is 7.74. The molecule has 0 saturated heterocycles. The van der Waals surface area contributed by atoms with Gasteiger partial charge in [0.2, 0.25) is 0 Å². The molecule has 2 rings (SSSR count). The van der Waals surface area contributed by atoms with E-state index in [1.807, 2.05) is 0 Å². The van der Waals surface area contributed by atoms with Gasteiger partial charge >= 0.3 is 0 Å². The number of aromatic nitrogens is 4. The summed E-state index contributed by atoms with van der Waals surface area (Å²) in [5.74, 6) is 0.383. The number of aromatic amines is 1. The lowest BCUT2D eigenvalue weighted by molar-refractivity contribution is 0.521. The third kappa shape index (κ3) is 1.92. The van der Waals surface area contributed by atoms with E-state index in [9.17, 15) is 8.76 Å². The van der Waals surface area contributed by atoms with Crippen molar-refractivity contribution >= 4 is 22.4 Å². The molecule has 0 aromatic carbocycles. The molecular formula is C6H6N5O2S-. The number of fused-ring (bicyclic) bond motifs is 1. The molecule has 14 heavy (non-hydrogen) atoms. The third-order valence-corrected chi connectivity index (χ3v) is 1.95. The molecule has 2 aromatic heterocycles. The standard InChI is InChI=1S/C6H7N5O2S/c12-14(13)10-2-5-7-1-4-6(11-5)9-3-8-4/h1,3,10H,2H2,(H,12,13)(H,7,8,9,11)/p-1. The van der Waals surface area contributed by atoms with Gasteiger partial charge in [-0.1, -0.05) is 0 Å². The highest BCUT2D eigenvalue weighted by atomic mass is 32.2. The zero-order chi connectivity index (χ0) is 9.97. The highest BCUT2D eigenvalue weighted by molar-refractivity contribution is 7.77. The average Bonchev–Trinajstić information content (AvgIpc) is 2.61. The molecule has 1 atom stereocenters. The number of hydrogen-bond acceptors (Lipinski definition) is 5. The Morgan fingerprint density at radius 3 is 3.21 bits per heavy atom. The van der Waals surface area contributed by atoms with Crippen LogP contribution < -0.4 is 4.72 Å². The second-order valence-electron chi connectivity index (χ2n) is 2.48. The minimum atomic E-state index is -2.30. The predicted octanol–water partition coefficient (Wildman–Crippen LogP) is -0.763. The van der Waals surface area contributed by atoms with Gasteiger partial charge in [-0.15, -0.1) is 0 Å². The lowest BCUT2D eigenvalue weighted by Gasteiger charge is -2.04. The number of hydrogen-bond donors (Lipinski definition) is 2. The van der Waals surface area contributed by atoms with Gasteiger partial charge in [-0.3, -0.25) is 4.21 Å². The van der Waals surface area contributed by atoms with E-state index < -0.39 is 11.3 Å². The van der Waals surface area contributed by atoms with Gasteiger partial charge in [0.05, 0.1) is 19.1 Å². The second kappa shape index (κ2) is 3.78. The smallest absolute Gasteiger partial charge is 0.180 e. The van der Waals surface area contributed by atoms with Crippen molar-refractivity contribution in [3.63, 3.8) is 0 Å². The van der Waals surface area contributed by atoms with E-state index in [-0.39, 0.29) is 6.54 Å². The molecule has 0 aliphatic rings. The molecule has 0 radical (unpaired) electrons. The SMILES string of the molecule is O=S([O-])NCc1ncc2[nH]cnc2n1. The van der Waals surface area contributed by atoms with Crippen LogP contribution in [0.15, 0.2) is 12.5 Å². The summed E-state index contributed by atoms with van der Waals surface area (Å²) in [6.45, 7) is 0.0684. The van der Waals surface area contributed by atoms with Crippen LogP contribution in [0.1, 0.15) is 5.82 Å². The maximum Gasteiger partial charge on any atom is 0.180 e. The van der Waals surface area contributed by atoms with Crippen molar-refractivity contribution in [2.75, 3.05) is 0 Å². The molecule has 2 heterocycles. The lowest BCUT2D eigenvalue weighted by Crippen LogP contribution is -2.17. The van der Waals surface area contributed by atoms with Gasteiger partial charge in [-0.25, -0.2) is 19.7 Å². The van der Waals surface area contributed by atoms with Crippen LogP contribution in [0.3, 0.4) is 0 Å². The maximum absolute atomic E-state index is 10.2. The molecule has 0 aliphatic carbocycles. The Hall–Kier alpha value is -1.38. The summed E-state index contributed by atoms with van der Waals surface area (Å²) in [5, 5.41) is 0. The quantitative estimate of drug-likeness (QED) is 0.650. The second-order valence-corrected chi connectivity index (χ2v) is 3.24. The molecule has 7 nitrogen and oxygen atoms in total. The summed E-state index contributed by atoms with van der Waals surface area (Å²) < 4.78 is 22.6.